The van der Waals surface area contributed by atoms with Crippen molar-refractivity contribution in [3.8, 4) is 17.2 Å². The molecule has 3 aliphatic rings. The van der Waals surface area contributed by atoms with Crippen LogP contribution in [0.15, 0.2) is 12.1 Å². The maximum atomic E-state index is 12.6. The van der Waals surface area contributed by atoms with Crippen molar-refractivity contribution < 1.29 is 19.0 Å². The Morgan fingerprint density at radius 2 is 1.92 bits per heavy atom. The lowest BCUT2D eigenvalue weighted by Gasteiger charge is -2.30. The van der Waals surface area contributed by atoms with Gasteiger partial charge in [-0.2, -0.15) is 0 Å². The quantitative estimate of drug-likeness (QED) is 0.867. The molecule has 0 saturated carbocycles. The predicted molar refractivity (Wildman–Crippen MR) is 91.7 cm³/mol. The lowest BCUT2D eigenvalue weighted by Crippen LogP contribution is -2.48. The van der Waals surface area contributed by atoms with E-state index < -0.39 is 0 Å². The highest BCUT2D eigenvalue weighted by Gasteiger charge is 2.34. The zero-order chi connectivity index (χ0) is 15.8. The van der Waals surface area contributed by atoms with E-state index in [4.69, 9.17) is 14.2 Å². The minimum Gasteiger partial charge on any atom is -0.493 e. The number of nitrogens with one attached hydrogen (secondary N) is 2. The fraction of sp³-hybridized carbons (Fsp3) is 0.588. The Kier molecular flexibility index (Phi) is 5.06. The largest absolute Gasteiger partial charge is 0.493 e. The molecule has 2 fully saturated rings. The number of piperidine rings is 1. The first-order valence-electron chi connectivity index (χ1n) is 8.27. The summed E-state index contributed by atoms with van der Waals surface area (Å²) in [6, 6.07) is 4.80. The number of methoxy groups -OCH3 is 1. The van der Waals surface area contributed by atoms with Crippen LogP contribution in [0.25, 0.3) is 0 Å². The molecule has 7 heteroatoms. The predicted octanol–water partition coefficient (Wildman–Crippen LogP) is 1.90. The van der Waals surface area contributed by atoms with Gasteiger partial charge in [0.1, 0.15) is 13.2 Å². The first-order valence-corrected chi connectivity index (χ1v) is 8.27. The highest BCUT2D eigenvalue weighted by atomic mass is 35.5. The number of halogens is 1. The second-order valence-electron chi connectivity index (χ2n) is 6.48. The van der Waals surface area contributed by atoms with Crippen molar-refractivity contribution in [3.05, 3.63) is 17.7 Å². The molecule has 0 aromatic heterocycles. The average molecular weight is 355 g/mol. The second-order valence-corrected chi connectivity index (χ2v) is 6.48. The first-order chi connectivity index (χ1) is 11.2. The van der Waals surface area contributed by atoms with E-state index >= 15 is 0 Å². The number of carbonyl (C=O) groups is 1. The van der Waals surface area contributed by atoms with Crippen molar-refractivity contribution in [1.29, 1.82) is 0 Å². The molecule has 2 bridgehead atoms. The van der Waals surface area contributed by atoms with E-state index in [-0.39, 0.29) is 24.4 Å². The number of amides is 1. The van der Waals surface area contributed by atoms with Gasteiger partial charge in [0.2, 0.25) is 5.75 Å². The average Bonchev–Trinajstić information content (AvgIpc) is 2.92. The van der Waals surface area contributed by atoms with E-state index in [1.165, 1.54) is 12.8 Å². The normalized spacial score (nSPS) is 27.1. The molecule has 1 amide bonds. The molecule has 3 aliphatic heterocycles. The number of rotatable bonds is 3. The SMILES string of the molecule is COc1cc(C(=O)NC2CC3CCC(C2)N3)cc2c1OCCO2.Cl. The van der Waals surface area contributed by atoms with Crippen LogP contribution in [-0.2, 0) is 0 Å². The van der Waals surface area contributed by atoms with E-state index in [1.54, 1.807) is 19.2 Å². The summed E-state index contributed by atoms with van der Waals surface area (Å²) in [6.07, 6.45) is 4.44. The van der Waals surface area contributed by atoms with Crippen LogP contribution in [0.2, 0.25) is 0 Å². The van der Waals surface area contributed by atoms with E-state index in [0.29, 0.717) is 48.1 Å². The van der Waals surface area contributed by atoms with Crippen molar-refractivity contribution in [1.82, 2.24) is 10.6 Å². The summed E-state index contributed by atoms with van der Waals surface area (Å²) in [5, 5.41) is 6.75. The molecule has 0 spiro atoms. The van der Waals surface area contributed by atoms with Crippen LogP contribution in [-0.4, -0.2) is 44.4 Å². The number of ether oxygens (including phenoxy) is 3. The molecule has 1 aromatic carbocycles. The summed E-state index contributed by atoms with van der Waals surface area (Å²) in [5.74, 6) is 1.62. The second kappa shape index (κ2) is 7.07. The maximum absolute atomic E-state index is 12.6. The first kappa shape index (κ1) is 17.2. The van der Waals surface area contributed by atoms with Crippen molar-refractivity contribution in [2.45, 2.75) is 43.8 Å². The summed E-state index contributed by atoms with van der Waals surface area (Å²) >= 11 is 0. The van der Waals surface area contributed by atoms with Crippen molar-refractivity contribution in [3.63, 3.8) is 0 Å². The molecule has 6 nitrogen and oxygen atoms in total. The topological polar surface area (TPSA) is 68.8 Å². The third-order valence-electron chi connectivity index (χ3n) is 4.90. The summed E-state index contributed by atoms with van der Waals surface area (Å²) < 4.78 is 16.5. The fourth-order valence-electron chi connectivity index (χ4n) is 3.85. The minimum absolute atomic E-state index is 0. The number of hydrogen-bond acceptors (Lipinski definition) is 5. The maximum Gasteiger partial charge on any atom is 0.251 e. The molecule has 2 N–H and O–H groups in total. The van der Waals surface area contributed by atoms with Gasteiger partial charge in [-0.3, -0.25) is 4.79 Å². The zero-order valence-electron chi connectivity index (χ0n) is 13.7. The fourth-order valence-corrected chi connectivity index (χ4v) is 3.85. The van der Waals surface area contributed by atoms with Gasteiger partial charge in [0.25, 0.3) is 5.91 Å². The van der Waals surface area contributed by atoms with Crippen molar-refractivity contribution >= 4 is 18.3 Å². The van der Waals surface area contributed by atoms with Gasteiger partial charge in [0.15, 0.2) is 11.5 Å². The Hall–Kier alpha value is -1.66. The van der Waals surface area contributed by atoms with Gasteiger partial charge in [-0.1, -0.05) is 0 Å². The Balaban J connectivity index is 0.00000169. The molecule has 3 heterocycles. The summed E-state index contributed by atoms with van der Waals surface area (Å²) in [5.41, 5.74) is 0.553. The molecule has 4 rings (SSSR count). The lowest BCUT2D eigenvalue weighted by molar-refractivity contribution is 0.0922. The molecule has 0 aliphatic carbocycles. The third-order valence-corrected chi connectivity index (χ3v) is 4.90. The van der Waals surface area contributed by atoms with Crippen LogP contribution in [0.3, 0.4) is 0 Å². The van der Waals surface area contributed by atoms with E-state index in [2.05, 4.69) is 10.6 Å². The Labute approximate surface area is 147 Å². The summed E-state index contributed by atoms with van der Waals surface area (Å²) in [7, 11) is 1.57. The van der Waals surface area contributed by atoms with Crippen LogP contribution < -0.4 is 24.8 Å². The van der Waals surface area contributed by atoms with Gasteiger partial charge in [-0.05, 0) is 37.8 Å². The van der Waals surface area contributed by atoms with Crippen molar-refractivity contribution in [2.75, 3.05) is 20.3 Å². The zero-order valence-corrected chi connectivity index (χ0v) is 14.5. The van der Waals surface area contributed by atoms with Gasteiger partial charge in [-0.25, -0.2) is 0 Å². The number of hydrogen-bond donors (Lipinski definition) is 2. The Morgan fingerprint density at radius 3 is 2.62 bits per heavy atom. The van der Waals surface area contributed by atoms with E-state index in [9.17, 15) is 4.79 Å². The molecule has 1 aromatic rings. The third kappa shape index (κ3) is 3.26. The smallest absolute Gasteiger partial charge is 0.251 e. The van der Waals surface area contributed by atoms with Gasteiger partial charge >= 0.3 is 0 Å². The van der Waals surface area contributed by atoms with Gasteiger partial charge in [-0.15, -0.1) is 12.4 Å². The molecule has 2 atom stereocenters. The molecule has 24 heavy (non-hydrogen) atoms. The molecule has 132 valence electrons. The Morgan fingerprint density at radius 1 is 1.21 bits per heavy atom. The van der Waals surface area contributed by atoms with Crippen LogP contribution in [0.1, 0.15) is 36.0 Å². The van der Waals surface area contributed by atoms with Gasteiger partial charge in [0.05, 0.1) is 7.11 Å². The highest BCUT2D eigenvalue weighted by molar-refractivity contribution is 5.95. The standard InChI is InChI=1S/C17H22N2O4.ClH/c1-21-14-6-10(7-15-16(14)23-5-4-22-15)17(20)19-13-8-11-2-3-12(9-13)18-11;/h6-7,11-13,18H,2-5,8-9H2,1H3,(H,19,20);1H. The monoisotopic (exact) mass is 354 g/mol. The minimum atomic E-state index is -0.0772. The molecule has 2 saturated heterocycles. The van der Waals surface area contributed by atoms with Crippen LogP contribution in [0.5, 0.6) is 17.2 Å². The van der Waals surface area contributed by atoms with Gasteiger partial charge in [0, 0.05) is 23.7 Å². The van der Waals surface area contributed by atoms with Crippen LogP contribution in [0.4, 0.5) is 0 Å². The molecular formula is C17H23ClN2O4. The van der Waals surface area contributed by atoms with E-state index in [0.717, 1.165) is 12.8 Å². The van der Waals surface area contributed by atoms with Crippen molar-refractivity contribution in [2.24, 2.45) is 0 Å². The molecule has 2 unspecified atom stereocenters. The van der Waals surface area contributed by atoms with Crippen LogP contribution in [0, 0.1) is 0 Å². The number of benzene rings is 1. The highest BCUT2D eigenvalue weighted by Crippen LogP contribution is 2.40. The number of fused-ring (bicyclic) bond motifs is 3. The van der Waals surface area contributed by atoms with Crippen LogP contribution >= 0.6 is 12.4 Å². The lowest BCUT2D eigenvalue weighted by atomic mass is 9.99. The number of carbonyl (C=O) groups excluding carboxylic acids is 1. The Bertz CT molecular complexity index is 596. The molecular weight excluding hydrogens is 332 g/mol. The summed E-state index contributed by atoms with van der Waals surface area (Å²) in [6.45, 7) is 0.978. The van der Waals surface area contributed by atoms with Gasteiger partial charge < -0.3 is 24.8 Å². The molecule has 0 radical (unpaired) electrons. The van der Waals surface area contributed by atoms with E-state index in [1.807, 2.05) is 0 Å². The summed E-state index contributed by atoms with van der Waals surface area (Å²) in [4.78, 5) is 12.6.